The van der Waals surface area contributed by atoms with E-state index in [-0.39, 0.29) is 23.6 Å². The monoisotopic (exact) mass is 527 g/mol. The Labute approximate surface area is 216 Å². The minimum absolute atomic E-state index is 0.0291. The second-order valence-corrected chi connectivity index (χ2v) is 12.7. The van der Waals surface area contributed by atoms with Crippen molar-refractivity contribution in [1.82, 2.24) is 14.7 Å². The van der Waals surface area contributed by atoms with Gasteiger partial charge in [-0.05, 0) is 39.7 Å². The number of rotatable bonds is 7. The van der Waals surface area contributed by atoms with Crippen LogP contribution in [0.1, 0.15) is 81.4 Å². The highest BCUT2D eigenvalue weighted by atomic mass is 32.2. The van der Waals surface area contributed by atoms with E-state index < -0.39 is 9.84 Å². The number of likely N-dealkylation sites (tertiary alicyclic amines) is 1. The first-order valence-corrected chi connectivity index (χ1v) is 15.8. The standard InChI is InChI=1S/C22H33N3O4S2.2C2H6/c1-16(2)29-20-15-28-22(21-19(20)11-17(3)30-21)5-7-24(8-6-22)13-18-12-23-25(14-18)9-10-31(4,26)27;2*1-2/h11-12,14,16,20H,5-10,13,15H2,1-4H3;2*1-2H3. The molecule has 35 heavy (non-hydrogen) atoms. The van der Waals surface area contributed by atoms with Crippen molar-refractivity contribution >= 4 is 21.2 Å². The van der Waals surface area contributed by atoms with Crippen molar-refractivity contribution in [2.24, 2.45) is 0 Å². The van der Waals surface area contributed by atoms with Gasteiger partial charge in [-0.15, -0.1) is 11.3 Å². The molecule has 4 rings (SSSR count). The van der Waals surface area contributed by atoms with E-state index in [1.54, 1.807) is 4.68 Å². The molecule has 1 spiro atoms. The summed E-state index contributed by atoms with van der Waals surface area (Å²) in [7, 11) is -2.98. The lowest BCUT2D eigenvalue weighted by Crippen LogP contribution is -2.46. The summed E-state index contributed by atoms with van der Waals surface area (Å²) in [5.41, 5.74) is 2.25. The molecule has 7 nitrogen and oxygen atoms in total. The van der Waals surface area contributed by atoms with E-state index in [0.29, 0.717) is 13.2 Å². The predicted octanol–water partition coefficient (Wildman–Crippen LogP) is 5.34. The summed E-state index contributed by atoms with van der Waals surface area (Å²) in [5.74, 6) is 0.113. The normalized spacial score (nSPS) is 19.5. The molecular weight excluding hydrogens is 482 g/mol. The van der Waals surface area contributed by atoms with Gasteiger partial charge in [0.2, 0.25) is 0 Å². The molecule has 0 aromatic carbocycles. The highest BCUT2D eigenvalue weighted by molar-refractivity contribution is 7.90. The van der Waals surface area contributed by atoms with E-state index in [9.17, 15) is 8.42 Å². The number of piperidine rings is 1. The number of ether oxygens (including phenoxy) is 2. The van der Waals surface area contributed by atoms with Crippen molar-refractivity contribution in [2.75, 3.05) is 31.7 Å². The fourth-order valence-electron chi connectivity index (χ4n) is 4.53. The van der Waals surface area contributed by atoms with Gasteiger partial charge in [-0.3, -0.25) is 9.58 Å². The van der Waals surface area contributed by atoms with E-state index in [1.807, 2.05) is 51.4 Å². The second-order valence-electron chi connectivity index (χ2n) is 9.14. The van der Waals surface area contributed by atoms with Crippen molar-refractivity contribution in [2.45, 2.75) is 92.2 Å². The molecule has 0 saturated carbocycles. The lowest BCUT2D eigenvalue weighted by atomic mass is 9.84. The first kappa shape index (κ1) is 30.0. The molecule has 0 radical (unpaired) electrons. The Kier molecular flexibility index (Phi) is 11.4. The largest absolute Gasteiger partial charge is 0.368 e. The number of aryl methyl sites for hydroxylation is 2. The van der Waals surface area contributed by atoms with E-state index in [1.165, 1.54) is 21.6 Å². The van der Waals surface area contributed by atoms with E-state index in [0.717, 1.165) is 38.0 Å². The third-order valence-corrected chi connectivity index (χ3v) is 8.22. The molecule has 200 valence electrons. The van der Waals surface area contributed by atoms with Crippen LogP contribution in [-0.4, -0.2) is 60.9 Å². The van der Waals surface area contributed by atoms with Crippen LogP contribution in [0.25, 0.3) is 0 Å². The Balaban J connectivity index is 0.00000103. The molecule has 1 unspecified atom stereocenters. The zero-order valence-corrected chi connectivity index (χ0v) is 24.5. The third kappa shape index (κ3) is 8.12. The molecular formula is C26H45N3O4S2. The van der Waals surface area contributed by atoms with Gasteiger partial charge in [0.15, 0.2) is 0 Å². The Morgan fingerprint density at radius 3 is 2.49 bits per heavy atom. The van der Waals surface area contributed by atoms with Crippen molar-refractivity contribution in [3.05, 3.63) is 39.3 Å². The summed E-state index contributed by atoms with van der Waals surface area (Å²) >= 11 is 1.86. The van der Waals surface area contributed by atoms with Gasteiger partial charge in [-0.1, -0.05) is 27.7 Å². The van der Waals surface area contributed by atoms with Gasteiger partial charge in [0.25, 0.3) is 0 Å². The van der Waals surface area contributed by atoms with Crippen LogP contribution in [-0.2, 0) is 38.0 Å². The van der Waals surface area contributed by atoms with E-state index in [4.69, 9.17) is 9.47 Å². The highest BCUT2D eigenvalue weighted by Crippen LogP contribution is 2.49. The lowest BCUT2D eigenvalue weighted by molar-refractivity contribution is -0.149. The maximum Gasteiger partial charge on any atom is 0.149 e. The van der Waals surface area contributed by atoms with Crippen molar-refractivity contribution in [1.29, 1.82) is 0 Å². The molecule has 1 fully saturated rings. The van der Waals surface area contributed by atoms with E-state index >= 15 is 0 Å². The van der Waals surface area contributed by atoms with Crippen LogP contribution in [0.2, 0.25) is 0 Å². The van der Waals surface area contributed by atoms with Crippen LogP contribution >= 0.6 is 11.3 Å². The van der Waals surface area contributed by atoms with Gasteiger partial charge in [0, 0.05) is 53.0 Å². The molecule has 2 aliphatic heterocycles. The summed E-state index contributed by atoms with van der Waals surface area (Å²) in [6, 6.07) is 2.29. The second kappa shape index (κ2) is 13.3. The summed E-state index contributed by atoms with van der Waals surface area (Å²) in [4.78, 5) is 5.11. The van der Waals surface area contributed by atoms with Crippen molar-refractivity contribution in [3.63, 3.8) is 0 Å². The van der Waals surface area contributed by atoms with Gasteiger partial charge >= 0.3 is 0 Å². The molecule has 0 aliphatic carbocycles. The van der Waals surface area contributed by atoms with Crippen LogP contribution in [0.4, 0.5) is 0 Å². The van der Waals surface area contributed by atoms with Gasteiger partial charge in [-0.2, -0.15) is 5.10 Å². The molecule has 0 amide bonds. The number of fused-ring (bicyclic) bond motifs is 2. The van der Waals surface area contributed by atoms with Gasteiger partial charge < -0.3 is 9.47 Å². The topological polar surface area (TPSA) is 73.7 Å². The van der Waals surface area contributed by atoms with Gasteiger partial charge in [0.1, 0.15) is 21.5 Å². The SMILES string of the molecule is CC.CC.Cc1cc2c(s1)C1(CCN(Cc3cnn(CCS(C)(=O)=O)c3)CC1)OCC2OC(C)C. The van der Waals surface area contributed by atoms with Crippen LogP contribution in [0.15, 0.2) is 18.5 Å². The Morgan fingerprint density at radius 2 is 1.89 bits per heavy atom. The number of sulfone groups is 1. The first-order chi connectivity index (χ1) is 16.6. The van der Waals surface area contributed by atoms with Gasteiger partial charge in [-0.25, -0.2) is 8.42 Å². The minimum Gasteiger partial charge on any atom is -0.368 e. The fraction of sp³-hybridized carbons (Fsp3) is 0.731. The summed E-state index contributed by atoms with van der Waals surface area (Å²) in [6.07, 6.45) is 7.20. The molecule has 2 aliphatic rings. The number of nitrogens with zero attached hydrogens (tertiary/aromatic N) is 3. The van der Waals surface area contributed by atoms with Crippen LogP contribution in [0.3, 0.4) is 0 Å². The molecule has 2 aromatic rings. The molecule has 1 saturated heterocycles. The van der Waals surface area contributed by atoms with Crippen LogP contribution in [0, 0.1) is 6.92 Å². The van der Waals surface area contributed by atoms with Crippen molar-refractivity contribution < 1.29 is 17.9 Å². The molecule has 0 bridgehead atoms. The quantitative estimate of drug-likeness (QED) is 0.484. The molecule has 4 heterocycles. The maximum absolute atomic E-state index is 11.4. The minimum atomic E-state index is -2.98. The molecule has 9 heteroatoms. The molecule has 0 N–H and O–H groups in total. The summed E-state index contributed by atoms with van der Waals surface area (Å²) < 4.78 is 37.1. The first-order valence-electron chi connectivity index (χ1n) is 13.0. The van der Waals surface area contributed by atoms with Crippen LogP contribution < -0.4 is 0 Å². The third-order valence-electron chi connectivity index (χ3n) is 6.04. The summed E-state index contributed by atoms with van der Waals surface area (Å²) in [6.45, 7) is 18.1. The Bertz CT molecular complexity index is 1010. The Morgan fingerprint density at radius 1 is 1.23 bits per heavy atom. The van der Waals surface area contributed by atoms with Crippen molar-refractivity contribution in [3.8, 4) is 0 Å². The maximum atomic E-state index is 11.4. The van der Waals surface area contributed by atoms with Gasteiger partial charge in [0.05, 0.1) is 31.2 Å². The Hall–Kier alpha value is -1.26. The highest BCUT2D eigenvalue weighted by Gasteiger charge is 2.45. The summed E-state index contributed by atoms with van der Waals surface area (Å²) in [5, 5.41) is 4.32. The zero-order valence-electron chi connectivity index (χ0n) is 22.8. The molecule has 1 atom stereocenters. The number of aromatic nitrogens is 2. The predicted molar refractivity (Wildman–Crippen MR) is 145 cm³/mol. The number of hydrogen-bond acceptors (Lipinski definition) is 7. The average molecular weight is 528 g/mol. The zero-order chi connectivity index (χ0) is 26.2. The fourth-order valence-corrected chi connectivity index (χ4v) is 6.32. The average Bonchev–Trinajstić information content (AvgIpc) is 3.45. The number of thiophene rings is 1. The number of hydrogen-bond donors (Lipinski definition) is 0. The van der Waals surface area contributed by atoms with Crippen LogP contribution in [0.5, 0.6) is 0 Å². The smallest absolute Gasteiger partial charge is 0.149 e. The lowest BCUT2D eigenvalue weighted by Gasteiger charge is -2.45. The van der Waals surface area contributed by atoms with E-state index in [2.05, 4.69) is 36.8 Å². The molecule has 2 aromatic heterocycles.